The highest BCUT2D eigenvalue weighted by Crippen LogP contribution is 2.43. The van der Waals surface area contributed by atoms with E-state index >= 15 is 0 Å². The lowest BCUT2D eigenvalue weighted by Gasteiger charge is -2.22. The summed E-state index contributed by atoms with van der Waals surface area (Å²) in [5.74, 6) is 1.44. The van der Waals surface area contributed by atoms with Gasteiger partial charge in [0.1, 0.15) is 30.1 Å². The molecule has 1 aliphatic heterocycles. The number of benzene rings is 2. The van der Waals surface area contributed by atoms with Crippen LogP contribution in [0.3, 0.4) is 0 Å². The number of rotatable bonds is 7. The van der Waals surface area contributed by atoms with Gasteiger partial charge in [0.15, 0.2) is 5.17 Å². The van der Waals surface area contributed by atoms with Crippen molar-refractivity contribution in [2.45, 2.75) is 52.8 Å². The summed E-state index contributed by atoms with van der Waals surface area (Å²) in [6.45, 7) is 11.9. The van der Waals surface area contributed by atoms with E-state index < -0.39 is 5.37 Å². The first-order valence-electron chi connectivity index (χ1n) is 10.9. The van der Waals surface area contributed by atoms with Crippen LogP contribution in [0.5, 0.6) is 11.5 Å². The number of nitrogens with one attached hydrogen (secondary N) is 1. The lowest BCUT2D eigenvalue weighted by molar-refractivity contribution is -0.129. The van der Waals surface area contributed by atoms with Gasteiger partial charge in [-0.05, 0) is 49.1 Å². The molecule has 8 heteroatoms. The second kappa shape index (κ2) is 10.7. The first-order chi connectivity index (χ1) is 15.7. The van der Waals surface area contributed by atoms with E-state index in [2.05, 4.69) is 36.4 Å². The van der Waals surface area contributed by atoms with Crippen LogP contribution in [-0.2, 0) is 9.59 Å². The van der Waals surface area contributed by atoms with Gasteiger partial charge in [-0.25, -0.2) is 5.01 Å². The molecule has 0 saturated heterocycles. The molecule has 0 fully saturated rings. The molecule has 1 atom stereocenters. The van der Waals surface area contributed by atoms with Crippen molar-refractivity contribution in [3.63, 3.8) is 0 Å². The van der Waals surface area contributed by atoms with Crippen LogP contribution in [0.25, 0.3) is 0 Å². The number of hydrogen-bond donors (Lipinski definition) is 1. The van der Waals surface area contributed by atoms with Crippen molar-refractivity contribution in [2.24, 2.45) is 5.10 Å². The van der Waals surface area contributed by atoms with Gasteiger partial charge in [0.2, 0.25) is 11.8 Å². The van der Waals surface area contributed by atoms with Crippen LogP contribution in [-0.4, -0.2) is 35.2 Å². The van der Waals surface area contributed by atoms with Gasteiger partial charge in [-0.15, -0.1) is 5.10 Å². The predicted octanol–water partition coefficient (Wildman–Crippen LogP) is 4.89. The number of hydrazone groups is 1. The molecule has 0 radical (unpaired) electrons. The summed E-state index contributed by atoms with van der Waals surface area (Å²) in [5.41, 5.74) is 4.16. The van der Waals surface area contributed by atoms with Gasteiger partial charge in [0.25, 0.3) is 0 Å². The van der Waals surface area contributed by atoms with Gasteiger partial charge in [0, 0.05) is 19.4 Å². The van der Waals surface area contributed by atoms with E-state index in [9.17, 15) is 9.59 Å². The van der Waals surface area contributed by atoms with E-state index in [0.717, 1.165) is 22.4 Å². The molecule has 1 heterocycles. The van der Waals surface area contributed by atoms with Crippen molar-refractivity contribution >= 4 is 28.7 Å². The molecule has 2 amide bonds. The second-order valence-electron chi connectivity index (χ2n) is 8.35. The van der Waals surface area contributed by atoms with Crippen LogP contribution in [0.2, 0.25) is 0 Å². The first-order valence-corrected chi connectivity index (χ1v) is 11.8. The zero-order valence-corrected chi connectivity index (χ0v) is 20.8. The van der Waals surface area contributed by atoms with Crippen LogP contribution < -0.4 is 14.8 Å². The quantitative estimate of drug-likeness (QED) is 0.584. The number of nitrogens with zero attached hydrogens (tertiary/aromatic N) is 2. The molecule has 0 spiro atoms. The molecule has 0 aromatic heterocycles. The van der Waals surface area contributed by atoms with Crippen molar-refractivity contribution in [2.75, 3.05) is 13.2 Å². The number of carbonyl (C=O) groups is 2. The van der Waals surface area contributed by atoms with Crippen molar-refractivity contribution in [3.8, 4) is 11.5 Å². The highest BCUT2D eigenvalue weighted by atomic mass is 32.2. The monoisotopic (exact) mass is 469 g/mol. The number of amides is 2. The van der Waals surface area contributed by atoms with Crippen LogP contribution in [0, 0.1) is 13.8 Å². The molecule has 0 bridgehead atoms. The zero-order chi connectivity index (χ0) is 24.1. The van der Waals surface area contributed by atoms with Crippen LogP contribution in [0.15, 0.2) is 41.5 Å². The molecule has 1 aliphatic rings. The van der Waals surface area contributed by atoms with Gasteiger partial charge in [0.05, 0.1) is 0 Å². The summed E-state index contributed by atoms with van der Waals surface area (Å²) in [7, 11) is 0. The van der Waals surface area contributed by atoms with Crippen molar-refractivity contribution in [1.82, 2.24) is 10.3 Å². The van der Waals surface area contributed by atoms with Crippen LogP contribution in [0.1, 0.15) is 61.2 Å². The molecule has 1 unspecified atom stereocenters. The number of carbonyl (C=O) groups excluding carboxylic acids is 2. The first kappa shape index (κ1) is 24.6. The topological polar surface area (TPSA) is 80.2 Å². The average molecular weight is 470 g/mol. The Morgan fingerprint density at radius 1 is 1.03 bits per heavy atom. The van der Waals surface area contributed by atoms with E-state index in [-0.39, 0.29) is 11.8 Å². The molecule has 0 aliphatic carbocycles. The fraction of sp³-hybridized carbons (Fsp3) is 0.400. The van der Waals surface area contributed by atoms with Gasteiger partial charge in [-0.1, -0.05) is 49.4 Å². The van der Waals surface area contributed by atoms with Crippen molar-refractivity contribution in [3.05, 3.63) is 58.7 Å². The molecule has 0 saturated carbocycles. The molecule has 2 aromatic rings. The number of hydrogen-bond acceptors (Lipinski definition) is 6. The van der Waals surface area contributed by atoms with Crippen molar-refractivity contribution < 1.29 is 19.1 Å². The Morgan fingerprint density at radius 3 is 2.30 bits per heavy atom. The van der Waals surface area contributed by atoms with E-state index in [1.807, 2.05) is 38.1 Å². The lowest BCUT2D eigenvalue weighted by atomic mass is 10.0. The fourth-order valence-electron chi connectivity index (χ4n) is 3.50. The minimum atomic E-state index is -0.426. The summed E-state index contributed by atoms with van der Waals surface area (Å²) >= 11 is 1.31. The van der Waals surface area contributed by atoms with E-state index in [0.29, 0.717) is 30.0 Å². The molecule has 33 heavy (non-hydrogen) atoms. The Labute approximate surface area is 199 Å². The van der Waals surface area contributed by atoms with Gasteiger partial charge >= 0.3 is 0 Å². The Bertz CT molecular complexity index is 1070. The predicted molar refractivity (Wildman–Crippen MR) is 132 cm³/mol. The van der Waals surface area contributed by atoms with E-state index in [4.69, 9.17) is 9.47 Å². The highest BCUT2D eigenvalue weighted by molar-refractivity contribution is 8.14. The third-order valence-electron chi connectivity index (χ3n) is 5.07. The maximum atomic E-state index is 12.2. The van der Waals surface area contributed by atoms with E-state index in [1.54, 1.807) is 0 Å². The molecule has 1 N–H and O–H groups in total. The number of aryl methyl sites for hydroxylation is 2. The molecule has 2 aromatic carbocycles. The molecule has 7 nitrogen and oxygen atoms in total. The van der Waals surface area contributed by atoms with Crippen LogP contribution >= 0.6 is 11.8 Å². The third-order valence-corrected chi connectivity index (χ3v) is 6.15. The van der Waals surface area contributed by atoms with Crippen LogP contribution in [0.4, 0.5) is 0 Å². The maximum absolute atomic E-state index is 12.2. The molecular formula is C25H31N3O4S. The SMILES string of the molecule is CC(=O)NC1=NN(C(C)=O)C(c2cc(C)ccc2OCCOc2cc(C)ccc2C(C)C)S1. The lowest BCUT2D eigenvalue weighted by Crippen LogP contribution is -2.25. The standard InChI is InChI=1S/C25H31N3O4S/c1-15(2)20-9-7-17(4)14-23(20)32-12-11-31-22-10-8-16(3)13-21(22)24-28(19(6)30)27-25(33-24)26-18(5)29/h7-10,13-15,24H,11-12H2,1-6H3,(H,26,27,29). The summed E-state index contributed by atoms with van der Waals surface area (Å²) in [6, 6.07) is 12.1. The minimum absolute atomic E-state index is 0.218. The highest BCUT2D eigenvalue weighted by Gasteiger charge is 2.34. The Kier molecular flexibility index (Phi) is 8.02. The normalized spacial score (nSPS) is 15.4. The third kappa shape index (κ3) is 6.28. The Hall–Kier alpha value is -3.00. The van der Waals surface area contributed by atoms with Gasteiger partial charge < -0.3 is 14.8 Å². The second-order valence-corrected chi connectivity index (χ2v) is 9.42. The fourth-order valence-corrected chi connectivity index (χ4v) is 4.66. The zero-order valence-electron chi connectivity index (χ0n) is 20.0. The largest absolute Gasteiger partial charge is 0.490 e. The van der Waals surface area contributed by atoms with Crippen molar-refractivity contribution in [1.29, 1.82) is 0 Å². The van der Waals surface area contributed by atoms with Gasteiger partial charge in [-0.3, -0.25) is 9.59 Å². The number of ether oxygens (including phenoxy) is 2. The summed E-state index contributed by atoms with van der Waals surface area (Å²) < 4.78 is 12.1. The summed E-state index contributed by atoms with van der Waals surface area (Å²) in [6.07, 6.45) is 0. The summed E-state index contributed by atoms with van der Waals surface area (Å²) in [5, 5.41) is 8.28. The average Bonchev–Trinajstić information content (AvgIpc) is 3.15. The van der Waals surface area contributed by atoms with E-state index in [1.165, 1.54) is 36.2 Å². The Balaban J connectivity index is 1.73. The number of thioether (sulfide) groups is 1. The molecular weight excluding hydrogens is 438 g/mol. The molecule has 176 valence electrons. The van der Waals surface area contributed by atoms with Gasteiger partial charge in [-0.2, -0.15) is 0 Å². The summed E-state index contributed by atoms with van der Waals surface area (Å²) in [4.78, 5) is 23.7. The number of amidine groups is 1. The minimum Gasteiger partial charge on any atom is -0.490 e. The maximum Gasteiger partial charge on any atom is 0.241 e. The smallest absolute Gasteiger partial charge is 0.241 e. The molecule has 3 rings (SSSR count). The Morgan fingerprint density at radius 2 is 1.67 bits per heavy atom.